The van der Waals surface area contributed by atoms with Gasteiger partial charge in [-0.3, -0.25) is 4.79 Å². The Morgan fingerprint density at radius 1 is 1.06 bits per heavy atom. The van der Waals surface area contributed by atoms with E-state index in [-0.39, 0.29) is 11.7 Å². The lowest BCUT2D eigenvalue weighted by atomic mass is 9.72. The number of piperidine rings is 1. The Morgan fingerprint density at radius 2 is 1.74 bits per heavy atom. The maximum atomic E-state index is 13.5. The Labute approximate surface area is 182 Å². The molecule has 1 aromatic heterocycles. The van der Waals surface area contributed by atoms with E-state index in [1.807, 2.05) is 54.6 Å². The number of benzene rings is 2. The molecule has 1 fully saturated rings. The third-order valence-corrected chi connectivity index (χ3v) is 7.79. The zero-order valence-corrected chi connectivity index (χ0v) is 18.1. The maximum absolute atomic E-state index is 13.5. The zero-order chi connectivity index (χ0) is 21.9. The van der Waals surface area contributed by atoms with Gasteiger partial charge in [0, 0.05) is 18.8 Å². The van der Waals surface area contributed by atoms with E-state index in [4.69, 9.17) is 0 Å². The first-order chi connectivity index (χ1) is 14.9. The molecular formula is C22H25N5O3S. The van der Waals surface area contributed by atoms with Crippen molar-refractivity contribution in [3.05, 3.63) is 72.8 Å². The first-order valence-electron chi connectivity index (χ1n) is 10.2. The molecule has 8 nitrogen and oxygen atoms in total. The van der Waals surface area contributed by atoms with E-state index in [9.17, 15) is 13.2 Å². The molecule has 0 atom stereocenters. The number of nitrogens with zero attached hydrogens (tertiary/aromatic N) is 4. The van der Waals surface area contributed by atoms with Crippen LogP contribution in [0.1, 0.15) is 25.3 Å². The molecule has 3 aromatic rings. The van der Waals surface area contributed by atoms with Crippen molar-refractivity contribution in [1.82, 2.24) is 19.1 Å². The van der Waals surface area contributed by atoms with E-state index in [0.717, 1.165) is 11.3 Å². The molecule has 162 valence electrons. The third-order valence-electron chi connectivity index (χ3n) is 5.90. The number of aromatic nitrogens is 3. The lowest BCUT2D eigenvalue weighted by Crippen LogP contribution is -2.51. The first kappa shape index (κ1) is 21.2. The largest absolute Gasteiger partial charge is 0.325 e. The third kappa shape index (κ3) is 4.24. The van der Waals surface area contributed by atoms with Crippen LogP contribution in [0.4, 0.5) is 5.69 Å². The molecule has 0 bridgehead atoms. The van der Waals surface area contributed by atoms with Crippen molar-refractivity contribution in [2.45, 2.75) is 25.2 Å². The Hall–Kier alpha value is -3.04. The molecule has 31 heavy (non-hydrogen) atoms. The average molecular weight is 440 g/mol. The quantitative estimate of drug-likeness (QED) is 0.637. The van der Waals surface area contributed by atoms with E-state index in [1.165, 1.54) is 10.6 Å². The minimum Gasteiger partial charge on any atom is -0.325 e. The van der Waals surface area contributed by atoms with Crippen molar-refractivity contribution in [3.63, 3.8) is 0 Å². The van der Waals surface area contributed by atoms with E-state index in [2.05, 4.69) is 15.4 Å². The lowest BCUT2D eigenvalue weighted by molar-refractivity contribution is -0.123. The molecular weight excluding hydrogens is 414 g/mol. The van der Waals surface area contributed by atoms with Crippen LogP contribution in [0.3, 0.4) is 0 Å². The number of hydrogen-bond acceptors (Lipinski definition) is 5. The normalized spacial score (nSPS) is 16.7. The van der Waals surface area contributed by atoms with E-state index in [1.54, 1.807) is 17.9 Å². The second-order valence-electron chi connectivity index (χ2n) is 7.59. The summed E-state index contributed by atoms with van der Waals surface area (Å²) in [6.45, 7) is 2.29. The van der Waals surface area contributed by atoms with Crippen molar-refractivity contribution < 1.29 is 13.2 Å². The van der Waals surface area contributed by atoms with Gasteiger partial charge in [0.1, 0.15) is 12.7 Å². The standard InChI is InChI=1S/C22H25N5O3S/c1-2-31(29,30)26-14-12-22(13-15-26,18-6-4-3-5-7-18)21(28)25-19-8-10-20(11-9-19)27-17-23-16-24-27/h3-11,16-17H,2,12-15H2,1H3,(H,25,28). The van der Waals surface area contributed by atoms with Gasteiger partial charge in [-0.1, -0.05) is 30.3 Å². The smallest absolute Gasteiger partial charge is 0.235 e. The molecule has 0 saturated carbocycles. The monoisotopic (exact) mass is 439 g/mol. The predicted octanol–water partition coefficient (Wildman–Crippen LogP) is 2.59. The molecule has 9 heteroatoms. The first-order valence-corrected chi connectivity index (χ1v) is 11.9. The minimum absolute atomic E-state index is 0.0651. The fourth-order valence-corrected chi connectivity index (χ4v) is 5.13. The Morgan fingerprint density at radius 3 is 2.32 bits per heavy atom. The van der Waals surface area contributed by atoms with Crippen molar-refractivity contribution in [2.75, 3.05) is 24.2 Å². The molecule has 1 N–H and O–H groups in total. The maximum Gasteiger partial charge on any atom is 0.235 e. The van der Waals surface area contributed by atoms with Gasteiger partial charge in [0.25, 0.3) is 0 Å². The van der Waals surface area contributed by atoms with Crippen LogP contribution in [0.25, 0.3) is 5.69 Å². The lowest BCUT2D eigenvalue weighted by Gasteiger charge is -2.40. The topological polar surface area (TPSA) is 97.2 Å². The van der Waals surface area contributed by atoms with Crippen LogP contribution in [0.5, 0.6) is 0 Å². The highest BCUT2D eigenvalue weighted by molar-refractivity contribution is 7.89. The van der Waals surface area contributed by atoms with E-state index in [0.29, 0.717) is 31.6 Å². The van der Waals surface area contributed by atoms with Crippen LogP contribution < -0.4 is 5.32 Å². The molecule has 0 spiro atoms. The Balaban J connectivity index is 1.57. The molecule has 1 aliphatic rings. The van der Waals surface area contributed by atoms with Crippen molar-refractivity contribution in [1.29, 1.82) is 0 Å². The van der Waals surface area contributed by atoms with Gasteiger partial charge in [-0.2, -0.15) is 5.10 Å². The Kier molecular flexibility index (Phi) is 5.88. The van der Waals surface area contributed by atoms with Gasteiger partial charge < -0.3 is 5.32 Å². The summed E-state index contributed by atoms with van der Waals surface area (Å²) in [7, 11) is -3.28. The van der Waals surface area contributed by atoms with Gasteiger partial charge in [-0.05, 0) is 49.6 Å². The van der Waals surface area contributed by atoms with Crippen LogP contribution in [0.15, 0.2) is 67.3 Å². The fourth-order valence-electron chi connectivity index (χ4n) is 4.02. The Bertz CT molecular complexity index is 1120. The number of sulfonamides is 1. The molecule has 2 heterocycles. The second-order valence-corrected chi connectivity index (χ2v) is 9.85. The van der Waals surface area contributed by atoms with Gasteiger partial charge in [0.15, 0.2) is 0 Å². The number of nitrogens with one attached hydrogen (secondary N) is 1. The molecule has 1 aliphatic heterocycles. The molecule has 0 unspecified atom stereocenters. The summed E-state index contributed by atoms with van der Waals surface area (Å²) in [6.07, 6.45) is 3.93. The van der Waals surface area contributed by atoms with Gasteiger partial charge in [-0.25, -0.2) is 22.4 Å². The summed E-state index contributed by atoms with van der Waals surface area (Å²) in [5.74, 6) is -0.0592. The number of anilines is 1. The average Bonchev–Trinajstić information content (AvgIpc) is 3.35. The number of hydrogen-bond donors (Lipinski definition) is 1. The van der Waals surface area contributed by atoms with Crippen molar-refractivity contribution >= 4 is 21.6 Å². The summed E-state index contributed by atoms with van der Waals surface area (Å²) in [4.78, 5) is 17.5. The predicted molar refractivity (Wildman–Crippen MR) is 118 cm³/mol. The fraction of sp³-hybridized carbons (Fsp3) is 0.318. The SMILES string of the molecule is CCS(=O)(=O)N1CCC(C(=O)Nc2ccc(-n3cncn3)cc2)(c2ccccc2)CC1. The summed E-state index contributed by atoms with van der Waals surface area (Å²) in [5, 5.41) is 7.14. The molecule has 4 rings (SSSR count). The highest BCUT2D eigenvalue weighted by atomic mass is 32.2. The number of carbonyl (C=O) groups excluding carboxylic acids is 1. The molecule has 1 saturated heterocycles. The molecule has 0 radical (unpaired) electrons. The van der Waals surface area contributed by atoms with Crippen LogP contribution in [-0.4, -0.2) is 52.2 Å². The number of amides is 1. The summed E-state index contributed by atoms with van der Waals surface area (Å²) < 4.78 is 27.7. The zero-order valence-electron chi connectivity index (χ0n) is 17.3. The van der Waals surface area contributed by atoms with Gasteiger partial charge in [0.2, 0.25) is 15.9 Å². The highest BCUT2D eigenvalue weighted by Gasteiger charge is 2.44. The van der Waals surface area contributed by atoms with Crippen molar-refractivity contribution in [3.8, 4) is 5.69 Å². The van der Waals surface area contributed by atoms with Gasteiger partial charge in [0.05, 0.1) is 16.9 Å². The highest BCUT2D eigenvalue weighted by Crippen LogP contribution is 2.37. The molecule has 2 aromatic carbocycles. The van der Waals surface area contributed by atoms with Crippen molar-refractivity contribution in [2.24, 2.45) is 0 Å². The minimum atomic E-state index is -3.28. The van der Waals surface area contributed by atoms with Crippen LogP contribution in [-0.2, 0) is 20.2 Å². The van der Waals surface area contributed by atoms with Crippen LogP contribution in [0.2, 0.25) is 0 Å². The van der Waals surface area contributed by atoms with E-state index < -0.39 is 15.4 Å². The van der Waals surface area contributed by atoms with Gasteiger partial charge in [-0.15, -0.1) is 0 Å². The van der Waals surface area contributed by atoms with E-state index >= 15 is 0 Å². The molecule has 0 aliphatic carbocycles. The summed E-state index contributed by atoms with van der Waals surface area (Å²) in [6, 6.07) is 17.0. The molecule has 1 amide bonds. The number of rotatable bonds is 6. The number of carbonyl (C=O) groups is 1. The van der Waals surface area contributed by atoms with Gasteiger partial charge >= 0.3 is 0 Å². The second kappa shape index (κ2) is 8.60. The summed E-state index contributed by atoms with van der Waals surface area (Å²) >= 11 is 0. The van der Waals surface area contributed by atoms with Crippen LogP contribution in [0, 0.1) is 0 Å². The van der Waals surface area contributed by atoms with Crippen LogP contribution >= 0.6 is 0 Å². The summed E-state index contributed by atoms with van der Waals surface area (Å²) in [5.41, 5.74) is 1.63.